The molecule has 1 atom stereocenters. The second kappa shape index (κ2) is 6.70. The molecular formula is C15H22FNO3. The summed E-state index contributed by atoms with van der Waals surface area (Å²) in [5, 5.41) is 12.3. The molecule has 0 saturated carbocycles. The van der Waals surface area contributed by atoms with Crippen LogP contribution in [0, 0.1) is 12.7 Å². The largest absolute Gasteiger partial charge is 0.490 e. The van der Waals surface area contributed by atoms with Crippen molar-refractivity contribution in [3.05, 3.63) is 29.6 Å². The van der Waals surface area contributed by atoms with E-state index in [2.05, 4.69) is 5.32 Å². The van der Waals surface area contributed by atoms with E-state index < -0.39 is 17.3 Å². The second-order valence-corrected chi connectivity index (χ2v) is 5.42. The minimum atomic E-state index is -1.09. The van der Waals surface area contributed by atoms with Gasteiger partial charge in [-0.05, 0) is 39.3 Å². The number of benzene rings is 1. The zero-order valence-electron chi connectivity index (χ0n) is 12.4. The van der Waals surface area contributed by atoms with E-state index in [9.17, 15) is 14.3 Å². The summed E-state index contributed by atoms with van der Waals surface area (Å²) in [4.78, 5) is 11.3. The Bertz CT molecular complexity index is 476. The molecule has 0 amide bonds. The maximum atomic E-state index is 13.7. The standard InChI is InChI=1S/C15H22FNO3/c1-10(2)17-15(4,14(18)19)8-9-20-12-7-5-6-11(3)13(12)16/h5-7,10,17H,8-9H2,1-4H3,(H,18,19). The first-order valence-corrected chi connectivity index (χ1v) is 6.65. The lowest BCUT2D eigenvalue weighted by Gasteiger charge is -2.28. The third-order valence-corrected chi connectivity index (χ3v) is 3.10. The SMILES string of the molecule is Cc1cccc(OCCC(C)(NC(C)C)C(=O)O)c1F. The topological polar surface area (TPSA) is 58.6 Å². The van der Waals surface area contributed by atoms with Crippen molar-refractivity contribution in [2.24, 2.45) is 0 Å². The van der Waals surface area contributed by atoms with E-state index >= 15 is 0 Å². The maximum absolute atomic E-state index is 13.7. The normalized spacial score (nSPS) is 14.1. The molecule has 0 saturated heterocycles. The smallest absolute Gasteiger partial charge is 0.323 e. The molecule has 20 heavy (non-hydrogen) atoms. The average molecular weight is 283 g/mol. The number of hydrogen-bond donors (Lipinski definition) is 2. The molecule has 0 aliphatic heterocycles. The molecule has 112 valence electrons. The van der Waals surface area contributed by atoms with Crippen molar-refractivity contribution in [2.45, 2.75) is 45.7 Å². The van der Waals surface area contributed by atoms with Gasteiger partial charge in [0.1, 0.15) is 5.54 Å². The second-order valence-electron chi connectivity index (χ2n) is 5.42. The molecule has 0 radical (unpaired) electrons. The van der Waals surface area contributed by atoms with Crippen molar-refractivity contribution in [2.75, 3.05) is 6.61 Å². The third kappa shape index (κ3) is 4.20. The van der Waals surface area contributed by atoms with Gasteiger partial charge < -0.3 is 9.84 Å². The lowest BCUT2D eigenvalue weighted by molar-refractivity contribution is -0.145. The molecule has 1 aromatic rings. The highest BCUT2D eigenvalue weighted by molar-refractivity contribution is 5.78. The van der Waals surface area contributed by atoms with E-state index in [-0.39, 0.29) is 24.8 Å². The van der Waals surface area contributed by atoms with Gasteiger partial charge in [-0.25, -0.2) is 4.39 Å². The van der Waals surface area contributed by atoms with Gasteiger partial charge in [-0.15, -0.1) is 0 Å². The van der Waals surface area contributed by atoms with E-state index in [0.29, 0.717) is 5.56 Å². The van der Waals surface area contributed by atoms with Crippen LogP contribution in [0.25, 0.3) is 0 Å². The van der Waals surface area contributed by atoms with Crippen LogP contribution in [0.2, 0.25) is 0 Å². The van der Waals surface area contributed by atoms with E-state index in [1.165, 1.54) is 6.07 Å². The van der Waals surface area contributed by atoms with E-state index in [1.807, 2.05) is 13.8 Å². The molecule has 0 spiro atoms. The van der Waals surface area contributed by atoms with Gasteiger partial charge >= 0.3 is 5.97 Å². The number of carboxylic acids is 1. The minimum Gasteiger partial charge on any atom is -0.490 e. The van der Waals surface area contributed by atoms with E-state index in [1.54, 1.807) is 26.0 Å². The Balaban J connectivity index is 2.65. The van der Waals surface area contributed by atoms with E-state index in [4.69, 9.17) is 4.74 Å². The van der Waals surface area contributed by atoms with Crippen molar-refractivity contribution in [1.29, 1.82) is 0 Å². The number of ether oxygens (including phenoxy) is 1. The van der Waals surface area contributed by atoms with Crippen molar-refractivity contribution >= 4 is 5.97 Å². The van der Waals surface area contributed by atoms with Crippen LogP contribution in [0.15, 0.2) is 18.2 Å². The summed E-state index contributed by atoms with van der Waals surface area (Å²) in [6.07, 6.45) is 0.244. The van der Waals surface area contributed by atoms with E-state index in [0.717, 1.165) is 0 Å². The number of carbonyl (C=O) groups is 1. The van der Waals surface area contributed by atoms with Crippen molar-refractivity contribution < 1.29 is 19.0 Å². The van der Waals surface area contributed by atoms with Crippen LogP contribution in [0.5, 0.6) is 5.75 Å². The molecular weight excluding hydrogens is 261 g/mol. The zero-order valence-corrected chi connectivity index (χ0v) is 12.4. The summed E-state index contributed by atoms with van der Waals surface area (Å²) < 4.78 is 19.1. The molecule has 4 nitrogen and oxygen atoms in total. The highest BCUT2D eigenvalue weighted by atomic mass is 19.1. The van der Waals surface area contributed by atoms with Crippen molar-refractivity contribution in [3.63, 3.8) is 0 Å². The van der Waals surface area contributed by atoms with Crippen LogP contribution in [0.1, 0.15) is 32.8 Å². The molecule has 5 heteroatoms. The van der Waals surface area contributed by atoms with Crippen LogP contribution in [0.3, 0.4) is 0 Å². The first-order valence-electron chi connectivity index (χ1n) is 6.65. The molecule has 0 fully saturated rings. The number of aliphatic carboxylic acids is 1. The Morgan fingerprint density at radius 1 is 1.50 bits per heavy atom. The number of rotatable bonds is 7. The lowest BCUT2D eigenvalue weighted by atomic mass is 9.97. The van der Waals surface area contributed by atoms with Gasteiger partial charge in [0, 0.05) is 12.5 Å². The van der Waals surface area contributed by atoms with Gasteiger partial charge in [0.25, 0.3) is 0 Å². The summed E-state index contributed by atoms with van der Waals surface area (Å²) >= 11 is 0. The molecule has 1 aromatic carbocycles. The highest BCUT2D eigenvalue weighted by Gasteiger charge is 2.33. The predicted molar refractivity (Wildman–Crippen MR) is 75.6 cm³/mol. The minimum absolute atomic E-state index is 0.0341. The van der Waals surface area contributed by atoms with Gasteiger partial charge in [0.2, 0.25) is 0 Å². The van der Waals surface area contributed by atoms with Crippen LogP contribution in [-0.2, 0) is 4.79 Å². The summed E-state index contributed by atoms with van der Waals surface area (Å²) in [6.45, 7) is 7.14. The Morgan fingerprint density at radius 3 is 2.70 bits per heavy atom. The Kier molecular flexibility index (Phi) is 5.51. The van der Waals surface area contributed by atoms with Crippen molar-refractivity contribution in [3.8, 4) is 5.75 Å². The molecule has 1 rings (SSSR count). The van der Waals surface area contributed by atoms with Gasteiger partial charge in [-0.3, -0.25) is 10.1 Å². The quantitative estimate of drug-likeness (QED) is 0.808. The first kappa shape index (κ1) is 16.4. The van der Waals surface area contributed by atoms with Gasteiger partial charge in [-0.2, -0.15) is 0 Å². The molecule has 0 aromatic heterocycles. The number of aryl methyl sites for hydroxylation is 1. The van der Waals surface area contributed by atoms with Crippen LogP contribution >= 0.6 is 0 Å². The Hall–Kier alpha value is -1.62. The average Bonchev–Trinajstić information content (AvgIpc) is 2.33. The summed E-state index contributed by atoms with van der Waals surface area (Å²) in [5.41, 5.74) is -0.585. The van der Waals surface area contributed by atoms with Gasteiger partial charge in [0.05, 0.1) is 6.61 Å². The number of nitrogens with one attached hydrogen (secondary N) is 1. The molecule has 1 unspecified atom stereocenters. The van der Waals surface area contributed by atoms with Gasteiger partial charge in [0.15, 0.2) is 11.6 Å². The monoisotopic (exact) mass is 283 g/mol. The Morgan fingerprint density at radius 2 is 2.15 bits per heavy atom. The fourth-order valence-corrected chi connectivity index (χ4v) is 1.98. The molecule has 0 heterocycles. The fourth-order valence-electron chi connectivity index (χ4n) is 1.98. The van der Waals surface area contributed by atoms with Crippen LogP contribution < -0.4 is 10.1 Å². The van der Waals surface area contributed by atoms with Gasteiger partial charge in [-0.1, -0.05) is 12.1 Å². The summed E-state index contributed by atoms with van der Waals surface area (Å²) in [7, 11) is 0. The lowest BCUT2D eigenvalue weighted by Crippen LogP contribution is -2.53. The highest BCUT2D eigenvalue weighted by Crippen LogP contribution is 2.21. The predicted octanol–water partition coefficient (Wildman–Crippen LogP) is 2.74. The van der Waals surface area contributed by atoms with Crippen LogP contribution in [-0.4, -0.2) is 29.3 Å². The van der Waals surface area contributed by atoms with Crippen molar-refractivity contribution in [1.82, 2.24) is 5.32 Å². The summed E-state index contributed by atoms with van der Waals surface area (Å²) in [6, 6.07) is 4.93. The summed E-state index contributed by atoms with van der Waals surface area (Å²) in [5.74, 6) is -1.19. The molecule has 2 N–H and O–H groups in total. The van der Waals surface area contributed by atoms with Crippen LogP contribution in [0.4, 0.5) is 4.39 Å². The number of halogens is 1. The zero-order chi connectivity index (χ0) is 15.3. The Labute approximate surface area is 119 Å². The molecule has 0 bridgehead atoms. The first-order chi connectivity index (χ1) is 9.26. The fraction of sp³-hybridized carbons (Fsp3) is 0.533. The molecule has 0 aliphatic rings. The third-order valence-electron chi connectivity index (χ3n) is 3.10. The molecule has 0 aliphatic carbocycles. The maximum Gasteiger partial charge on any atom is 0.323 e. The number of hydrogen-bond acceptors (Lipinski definition) is 3. The number of carboxylic acid groups (broad SMARTS) is 1.